The van der Waals surface area contributed by atoms with Crippen molar-refractivity contribution in [3.8, 4) is 0 Å². The van der Waals surface area contributed by atoms with Crippen molar-refractivity contribution in [2.45, 2.75) is 38.6 Å². The summed E-state index contributed by atoms with van der Waals surface area (Å²) in [5.41, 5.74) is 2.23. The lowest BCUT2D eigenvalue weighted by molar-refractivity contribution is 0.0521. The number of carbonyl (C=O) groups is 1. The van der Waals surface area contributed by atoms with Crippen LogP contribution in [0.25, 0.3) is 0 Å². The van der Waals surface area contributed by atoms with Crippen molar-refractivity contribution in [1.82, 2.24) is 4.98 Å². The van der Waals surface area contributed by atoms with Gasteiger partial charge in [0.25, 0.3) is 0 Å². The summed E-state index contributed by atoms with van der Waals surface area (Å²) in [6.07, 6.45) is 3.54. The second-order valence-electron chi connectivity index (χ2n) is 4.29. The number of anilines is 1. The maximum atomic E-state index is 11.6. The Morgan fingerprint density at radius 2 is 2.44 bits per heavy atom. The van der Waals surface area contributed by atoms with Crippen LogP contribution in [0.1, 0.15) is 43.6 Å². The second kappa shape index (κ2) is 4.41. The molecule has 0 amide bonds. The average molecular weight is 240 g/mol. The van der Waals surface area contributed by atoms with Crippen LogP contribution in [0.3, 0.4) is 0 Å². The van der Waals surface area contributed by atoms with Gasteiger partial charge >= 0.3 is 5.97 Å². The Balaban J connectivity index is 2.09. The minimum Gasteiger partial charge on any atom is -0.461 e. The first-order valence-corrected chi connectivity index (χ1v) is 6.41. The zero-order valence-corrected chi connectivity index (χ0v) is 10.4. The molecule has 2 rings (SSSR count). The number of nitrogens with one attached hydrogen (secondary N) is 1. The number of esters is 1. The van der Waals surface area contributed by atoms with Gasteiger partial charge in [-0.05, 0) is 33.1 Å². The normalized spacial score (nSPS) is 17.6. The van der Waals surface area contributed by atoms with E-state index in [9.17, 15) is 4.79 Å². The highest BCUT2D eigenvalue weighted by Crippen LogP contribution is 2.36. The second-order valence-corrected chi connectivity index (χ2v) is 5.14. The van der Waals surface area contributed by atoms with Crippen LogP contribution in [-0.4, -0.2) is 23.1 Å². The molecule has 1 aromatic heterocycles. The first kappa shape index (κ1) is 11.4. The van der Waals surface area contributed by atoms with Crippen LogP contribution in [0.15, 0.2) is 5.51 Å². The molecule has 0 aliphatic heterocycles. The van der Waals surface area contributed by atoms with E-state index in [-0.39, 0.29) is 11.5 Å². The molecule has 0 spiro atoms. The summed E-state index contributed by atoms with van der Waals surface area (Å²) in [5, 5.41) is 4.23. The molecule has 88 valence electrons. The summed E-state index contributed by atoms with van der Waals surface area (Å²) in [4.78, 5) is 15.7. The number of aromatic nitrogens is 1. The molecule has 1 heterocycles. The van der Waals surface area contributed by atoms with Gasteiger partial charge in [0.15, 0.2) is 5.69 Å². The van der Waals surface area contributed by atoms with Gasteiger partial charge in [0.1, 0.15) is 5.00 Å². The van der Waals surface area contributed by atoms with Gasteiger partial charge in [0.2, 0.25) is 0 Å². The standard InChI is InChI=1S/C11H16N2O2S/c1-3-15-10(14)8-9(16-7-12-8)13-11(2)5-4-6-11/h7,13H,3-6H2,1-2H3. The molecule has 0 unspecified atom stereocenters. The molecule has 1 saturated carbocycles. The van der Waals surface area contributed by atoms with Crippen LogP contribution in [0, 0.1) is 0 Å². The summed E-state index contributed by atoms with van der Waals surface area (Å²) in [6.45, 7) is 4.35. The molecule has 1 fully saturated rings. The van der Waals surface area contributed by atoms with E-state index >= 15 is 0 Å². The lowest BCUT2D eigenvalue weighted by atomic mass is 9.79. The van der Waals surface area contributed by atoms with Gasteiger partial charge in [-0.15, -0.1) is 11.3 Å². The molecule has 4 nitrogen and oxygen atoms in total. The molecule has 1 N–H and O–H groups in total. The SMILES string of the molecule is CCOC(=O)c1ncsc1NC1(C)CCC1. The predicted molar refractivity (Wildman–Crippen MR) is 63.9 cm³/mol. The van der Waals surface area contributed by atoms with E-state index in [2.05, 4.69) is 17.2 Å². The number of rotatable bonds is 4. The monoisotopic (exact) mass is 240 g/mol. The van der Waals surface area contributed by atoms with E-state index in [1.807, 2.05) is 0 Å². The number of nitrogens with zero attached hydrogens (tertiary/aromatic N) is 1. The molecule has 0 aromatic carbocycles. The van der Waals surface area contributed by atoms with Gasteiger partial charge in [0, 0.05) is 5.54 Å². The Morgan fingerprint density at radius 1 is 1.69 bits per heavy atom. The molecule has 0 radical (unpaired) electrons. The average Bonchev–Trinajstić information content (AvgIpc) is 2.64. The van der Waals surface area contributed by atoms with Gasteiger partial charge in [-0.3, -0.25) is 0 Å². The third kappa shape index (κ3) is 2.19. The van der Waals surface area contributed by atoms with Crippen LogP contribution >= 0.6 is 11.3 Å². The Morgan fingerprint density at radius 3 is 3.00 bits per heavy atom. The fourth-order valence-corrected chi connectivity index (χ4v) is 2.60. The Kier molecular flexibility index (Phi) is 3.14. The molecule has 0 bridgehead atoms. The van der Waals surface area contributed by atoms with E-state index in [0.717, 1.165) is 17.8 Å². The van der Waals surface area contributed by atoms with Crippen LogP contribution in [0.4, 0.5) is 5.00 Å². The minimum absolute atomic E-state index is 0.133. The van der Waals surface area contributed by atoms with Gasteiger partial charge in [-0.2, -0.15) is 0 Å². The van der Waals surface area contributed by atoms with Crippen molar-refractivity contribution < 1.29 is 9.53 Å². The number of thiazole rings is 1. The molecule has 0 saturated heterocycles. The van der Waals surface area contributed by atoms with Crippen LogP contribution < -0.4 is 5.32 Å². The topological polar surface area (TPSA) is 51.2 Å². The summed E-state index contributed by atoms with van der Waals surface area (Å²) >= 11 is 1.46. The van der Waals surface area contributed by atoms with Gasteiger partial charge < -0.3 is 10.1 Å². The minimum atomic E-state index is -0.339. The summed E-state index contributed by atoms with van der Waals surface area (Å²) in [7, 11) is 0. The third-order valence-electron chi connectivity index (χ3n) is 2.91. The molecular weight excluding hydrogens is 224 g/mol. The van der Waals surface area contributed by atoms with Crippen LogP contribution in [-0.2, 0) is 4.74 Å². The largest absolute Gasteiger partial charge is 0.461 e. The van der Waals surface area contributed by atoms with E-state index in [1.54, 1.807) is 12.4 Å². The van der Waals surface area contributed by atoms with E-state index < -0.39 is 0 Å². The predicted octanol–water partition coefficient (Wildman–Crippen LogP) is 2.67. The quantitative estimate of drug-likeness (QED) is 0.822. The highest BCUT2D eigenvalue weighted by molar-refractivity contribution is 7.14. The van der Waals surface area contributed by atoms with E-state index in [4.69, 9.17) is 4.74 Å². The fraction of sp³-hybridized carbons (Fsp3) is 0.636. The zero-order chi connectivity index (χ0) is 11.6. The summed E-state index contributed by atoms with van der Waals surface area (Å²) in [5.74, 6) is -0.339. The maximum Gasteiger partial charge on any atom is 0.360 e. The number of hydrogen-bond donors (Lipinski definition) is 1. The van der Waals surface area contributed by atoms with Crippen molar-refractivity contribution in [2.75, 3.05) is 11.9 Å². The van der Waals surface area contributed by atoms with Crippen molar-refractivity contribution in [3.05, 3.63) is 11.2 Å². The Bertz CT molecular complexity index is 385. The number of hydrogen-bond acceptors (Lipinski definition) is 5. The van der Waals surface area contributed by atoms with Crippen molar-refractivity contribution >= 4 is 22.3 Å². The molecule has 16 heavy (non-hydrogen) atoms. The van der Waals surface area contributed by atoms with Crippen LogP contribution in [0.5, 0.6) is 0 Å². The van der Waals surface area contributed by atoms with Gasteiger partial charge in [0.05, 0.1) is 12.1 Å². The maximum absolute atomic E-state index is 11.6. The molecule has 1 aliphatic rings. The Labute approximate surface area is 99.0 Å². The number of ether oxygens (including phenoxy) is 1. The lowest BCUT2D eigenvalue weighted by Gasteiger charge is -2.39. The molecule has 0 atom stereocenters. The molecule has 1 aliphatic carbocycles. The molecule has 1 aromatic rings. The molecule has 5 heteroatoms. The fourth-order valence-electron chi connectivity index (χ4n) is 1.79. The first-order valence-electron chi connectivity index (χ1n) is 5.53. The van der Waals surface area contributed by atoms with Gasteiger partial charge in [-0.25, -0.2) is 9.78 Å². The summed E-state index contributed by atoms with van der Waals surface area (Å²) < 4.78 is 4.96. The highest BCUT2D eigenvalue weighted by atomic mass is 32.1. The van der Waals surface area contributed by atoms with Gasteiger partial charge in [-0.1, -0.05) is 0 Å². The van der Waals surface area contributed by atoms with Crippen molar-refractivity contribution in [1.29, 1.82) is 0 Å². The lowest BCUT2D eigenvalue weighted by Crippen LogP contribution is -2.41. The number of carbonyl (C=O) groups excluding carboxylic acids is 1. The van der Waals surface area contributed by atoms with E-state index in [1.165, 1.54) is 17.8 Å². The Hall–Kier alpha value is -1.10. The molecular formula is C11H16N2O2S. The third-order valence-corrected chi connectivity index (χ3v) is 3.65. The smallest absolute Gasteiger partial charge is 0.360 e. The van der Waals surface area contributed by atoms with Crippen molar-refractivity contribution in [3.63, 3.8) is 0 Å². The summed E-state index contributed by atoms with van der Waals surface area (Å²) in [6, 6.07) is 0. The van der Waals surface area contributed by atoms with Crippen LogP contribution in [0.2, 0.25) is 0 Å². The van der Waals surface area contributed by atoms with Crippen molar-refractivity contribution in [2.24, 2.45) is 0 Å². The first-order chi connectivity index (χ1) is 7.64. The van der Waals surface area contributed by atoms with E-state index in [0.29, 0.717) is 12.3 Å². The highest BCUT2D eigenvalue weighted by Gasteiger charge is 2.33. The zero-order valence-electron chi connectivity index (χ0n) is 9.58.